The topological polar surface area (TPSA) is 81.4 Å². The molecule has 0 aliphatic heterocycles. The summed E-state index contributed by atoms with van der Waals surface area (Å²) < 4.78 is 19.7. The summed E-state index contributed by atoms with van der Waals surface area (Å²) in [4.78, 5) is 12.0. The first-order valence-corrected chi connectivity index (χ1v) is 7.45. The number of benzene rings is 1. The summed E-state index contributed by atoms with van der Waals surface area (Å²) in [5.41, 5.74) is 0.994. The zero-order valence-electron chi connectivity index (χ0n) is 12.7. The Balaban J connectivity index is 1.66. The van der Waals surface area contributed by atoms with Gasteiger partial charge in [-0.1, -0.05) is 11.6 Å². The summed E-state index contributed by atoms with van der Waals surface area (Å²) >= 11 is 5.68. The second-order valence-electron chi connectivity index (χ2n) is 4.94. The smallest absolute Gasteiger partial charge is 0.231 e. The zero-order valence-corrected chi connectivity index (χ0v) is 13.4. The Morgan fingerprint density at radius 2 is 2.17 bits per heavy atom. The number of amides is 1. The van der Waals surface area contributed by atoms with Crippen molar-refractivity contribution in [3.8, 4) is 5.88 Å². The summed E-state index contributed by atoms with van der Waals surface area (Å²) in [6, 6.07) is 7.40. The van der Waals surface area contributed by atoms with Crippen molar-refractivity contribution in [2.45, 2.75) is 12.8 Å². The molecule has 1 N–H and O–H groups in total. The van der Waals surface area contributed by atoms with E-state index in [2.05, 4.69) is 20.6 Å². The van der Waals surface area contributed by atoms with E-state index in [9.17, 15) is 9.18 Å². The molecule has 0 radical (unpaired) electrons. The maximum absolute atomic E-state index is 13.1. The predicted octanol–water partition coefficient (Wildman–Crippen LogP) is 2.50. The summed E-state index contributed by atoms with van der Waals surface area (Å²) in [5.74, 6) is 0.173. The molecule has 0 bridgehead atoms. The van der Waals surface area contributed by atoms with E-state index in [1.165, 1.54) is 29.8 Å². The highest BCUT2D eigenvalue weighted by atomic mass is 35.5. The molecule has 2 aromatic heterocycles. The Hall–Kier alpha value is -2.74. The molecule has 0 spiro atoms. The van der Waals surface area contributed by atoms with Gasteiger partial charge in [0, 0.05) is 24.6 Å². The Morgan fingerprint density at radius 1 is 1.33 bits per heavy atom. The van der Waals surface area contributed by atoms with Gasteiger partial charge in [0.1, 0.15) is 5.82 Å². The molecule has 0 aliphatic rings. The SMILES string of the molecule is COc1ccc2nnc(CCC(=O)Nc3ccc(F)c(Cl)c3)n2n1. The number of anilines is 1. The highest BCUT2D eigenvalue weighted by Crippen LogP contribution is 2.19. The third-order valence-corrected chi connectivity index (χ3v) is 3.58. The van der Waals surface area contributed by atoms with Gasteiger partial charge in [-0.15, -0.1) is 15.3 Å². The van der Waals surface area contributed by atoms with Gasteiger partial charge in [0.05, 0.1) is 12.1 Å². The lowest BCUT2D eigenvalue weighted by molar-refractivity contribution is -0.116. The third-order valence-electron chi connectivity index (χ3n) is 3.29. The van der Waals surface area contributed by atoms with Crippen LogP contribution in [0, 0.1) is 5.82 Å². The maximum atomic E-state index is 13.1. The molecule has 2 heterocycles. The lowest BCUT2D eigenvalue weighted by Crippen LogP contribution is -2.13. The summed E-state index contributed by atoms with van der Waals surface area (Å²) in [6.07, 6.45) is 0.497. The summed E-state index contributed by atoms with van der Waals surface area (Å²) in [5, 5.41) is 14.8. The number of carbonyl (C=O) groups excluding carboxylic acids is 1. The van der Waals surface area contributed by atoms with E-state index in [-0.39, 0.29) is 17.4 Å². The van der Waals surface area contributed by atoms with Crippen LogP contribution in [-0.2, 0) is 11.2 Å². The molecule has 0 saturated carbocycles. The van der Waals surface area contributed by atoms with Gasteiger partial charge in [-0.2, -0.15) is 4.52 Å². The van der Waals surface area contributed by atoms with Gasteiger partial charge in [0.15, 0.2) is 11.5 Å². The number of hydrogen-bond donors (Lipinski definition) is 1. The van der Waals surface area contributed by atoms with Crippen molar-refractivity contribution >= 4 is 28.8 Å². The van der Waals surface area contributed by atoms with E-state index in [0.717, 1.165) is 0 Å². The van der Waals surface area contributed by atoms with Crippen LogP contribution in [0.5, 0.6) is 5.88 Å². The predicted molar refractivity (Wildman–Crippen MR) is 85.7 cm³/mol. The number of methoxy groups -OCH3 is 1. The van der Waals surface area contributed by atoms with Crippen molar-refractivity contribution in [1.82, 2.24) is 19.8 Å². The Kier molecular flexibility index (Phi) is 4.57. The molecule has 1 aromatic carbocycles. The fraction of sp³-hybridized carbons (Fsp3) is 0.200. The van der Waals surface area contributed by atoms with Crippen LogP contribution in [0.3, 0.4) is 0 Å². The molecule has 3 aromatic rings. The Morgan fingerprint density at radius 3 is 2.92 bits per heavy atom. The average Bonchev–Trinajstić information content (AvgIpc) is 2.98. The lowest BCUT2D eigenvalue weighted by atomic mass is 10.2. The third kappa shape index (κ3) is 3.43. The number of halogens is 2. The lowest BCUT2D eigenvalue weighted by Gasteiger charge is -2.05. The minimum atomic E-state index is -0.537. The van der Waals surface area contributed by atoms with Crippen molar-refractivity contribution in [2.24, 2.45) is 0 Å². The number of rotatable bonds is 5. The molecule has 3 rings (SSSR count). The summed E-state index contributed by atoms with van der Waals surface area (Å²) in [7, 11) is 1.51. The van der Waals surface area contributed by atoms with Crippen molar-refractivity contribution in [2.75, 3.05) is 12.4 Å². The molecule has 24 heavy (non-hydrogen) atoms. The van der Waals surface area contributed by atoms with Crippen LogP contribution in [0.2, 0.25) is 5.02 Å². The number of aromatic nitrogens is 4. The largest absolute Gasteiger partial charge is 0.480 e. The number of aryl methyl sites for hydroxylation is 1. The molecule has 1 amide bonds. The maximum Gasteiger partial charge on any atom is 0.231 e. The highest BCUT2D eigenvalue weighted by Gasteiger charge is 2.11. The van der Waals surface area contributed by atoms with Crippen molar-refractivity contribution in [3.05, 3.63) is 47.0 Å². The van der Waals surface area contributed by atoms with E-state index in [1.54, 1.807) is 12.1 Å². The van der Waals surface area contributed by atoms with E-state index >= 15 is 0 Å². The second kappa shape index (κ2) is 6.79. The standard InChI is InChI=1S/C15H13ClFN5O2/c1-24-15-7-5-13-20-19-12(22(13)21-15)4-6-14(23)18-9-2-3-11(17)10(16)8-9/h2-3,5,7-8H,4,6H2,1H3,(H,18,23). The number of fused-ring (bicyclic) bond motifs is 1. The quantitative estimate of drug-likeness (QED) is 0.765. The molecule has 124 valence electrons. The first-order valence-electron chi connectivity index (χ1n) is 7.07. The molecule has 9 heteroatoms. The van der Waals surface area contributed by atoms with Gasteiger partial charge in [0.25, 0.3) is 0 Å². The van der Waals surface area contributed by atoms with Crippen LogP contribution in [0.4, 0.5) is 10.1 Å². The first-order chi connectivity index (χ1) is 11.6. The minimum Gasteiger partial charge on any atom is -0.480 e. The normalized spacial score (nSPS) is 10.8. The number of carbonyl (C=O) groups is 1. The van der Waals surface area contributed by atoms with Crippen LogP contribution in [0.1, 0.15) is 12.2 Å². The van der Waals surface area contributed by atoms with Gasteiger partial charge in [-0.3, -0.25) is 4.79 Å². The summed E-state index contributed by atoms with van der Waals surface area (Å²) in [6.45, 7) is 0. The van der Waals surface area contributed by atoms with Crippen molar-refractivity contribution in [1.29, 1.82) is 0 Å². The van der Waals surface area contributed by atoms with Crippen molar-refractivity contribution in [3.63, 3.8) is 0 Å². The molecule has 0 unspecified atom stereocenters. The number of hydrogen-bond acceptors (Lipinski definition) is 5. The van der Waals surface area contributed by atoms with Gasteiger partial charge >= 0.3 is 0 Å². The molecular weight excluding hydrogens is 337 g/mol. The van der Waals surface area contributed by atoms with Crippen LogP contribution in [0.15, 0.2) is 30.3 Å². The molecule has 0 saturated heterocycles. The fourth-order valence-corrected chi connectivity index (χ4v) is 2.28. The number of ether oxygens (including phenoxy) is 1. The Bertz CT molecular complexity index is 899. The minimum absolute atomic E-state index is 0.0486. The van der Waals surface area contributed by atoms with Gasteiger partial charge in [0.2, 0.25) is 11.8 Å². The number of nitrogens with one attached hydrogen (secondary N) is 1. The van der Waals surface area contributed by atoms with Crippen molar-refractivity contribution < 1.29 is 13.9 Å². The van der Waals surface area contributed by atoms with Gasteiger partial charge < -0.3 is 10.1 Å². The van der Waals surface area contributed by atoms with Crippen LogP contribution in [-0.4, -0.2) is 32.8 Å². The second-order valence-corrected chi connectivity index (χ2v) is 5.35. The molecule has 0 aliphatic carbocycles. The van der Waals surface area contributed by atoms with Gasteiger partial charge in [-0.25, -0.2) is 4.39 Å². The molecule has 0 fully saturated rings. The molecule has 0 atom stereocenters. The van der Waals surface area contributed by atoms with E-state index in [1.807, 2.05) is 0 Å². The fourth-order valence-electron chi connectivity index (χ4n) is 2.10. The van der Waals surface area contributed by atoms with Crippen LogP contribution >= 0.6 is 11.6 Å². The monoisotopic (exact) mass is 349 g/mol. The number of nitrogens with zero attached hydrogens (tertiary/aromatic N) is 4. The van der Waals surface area contributed by atoms with Gasteiger partial charge in [-0.05, 0) is 24.3 Å². The molecular formula is C15H13ClFN5O2. The zero-order chi connectivity index (χ0) is 17.1. The Labute approximate surface area is 141 Å². The van der Waals surface area contributed by atoms with E-state index in [0.29, 0.717) is 29.5 Å². The van der Waals surface area contributed by atoms with Crippen LogP contribution < -0.4 is 10.1 Å². The molecule has 7 nitrogen and oxygen atoms in total. The van der Waals surface area contributed by atoms with Crippen LogP contribution in [0.25, 0.3) is 5.65 Å². The van der Waals surface area contributed by atoms with E-state index < -0.39 is 5.82 Å². The first kappa shape index (κ1) is 16.1. The van der Waals surface area contributed by atoms with E-state index in [4.69, 9.17) is 16.3 Å². The highest BCUT2D eigenvalue weighted by molar-refractivity contribution is 6.31. The average molecular weight is 350 g/mol.